The minimum Gasteiger partial charge on any atom is -0.456 e. The van der Waals surface area contributed by atoms with Gasteiger partial charge in [0, 0.05) is 35.0 Å². The summed E-state index contributed by atoms with van der Waals surface area (Å²) in [6.07, 6.45) is 1.29. The van der Waals surface area contributed by atoms with Crippen LogP contribution in [-0.2, 0) is 0 Å². The number of nitrogens with one attached hydrogen (secondary N) is 4. The van der Waals surface area contributed by atoms with Crippen molar-refractivity contribution in [1.29, 1.82) is 0 Å². The van der Waals surface area contributed by atoms with E-state index in [1.54, 1.807) is 30.6 Å². The Kier molecular flexibility index (Phi) is 8.69. The van der Waals surface area contributed by atoms with E-state index in [4.69, 9.17) is 4.42 Å². The molecule has 4 amide bonds. The second-order valence-corrected chi connectivity index (χ2v) is 16.7. The summed E-state index contributed by atoms with van der Waals surface area (Å²) in [6, 6.07) is 12.9. The number of H-pyrrole nitrogens is 2. The van der Waals surface area contributed by atoms with Gasteiger partial charge in [-0.25, -0.2) is 28.3 Å². The normalized spacial score (nSPS) is 20.6. The van der Waals surface area contributed by atoms with Crippen molar-refractivity contribution in [3.05, 3.63) is 82.8 Å². The zero-order valence-electron chi connectivity index (χ0n) is 31.6. The Morgan fingerprint density at radius 2 is 1.24 bits per heavy atom. The molecule has 4 atom stereocenters. The maximum Gasteiger partial charge on any atom is 0.318 e. The molecule has 3 aromatic carbocycles. The van der Waals surface area contributed by atoms with Gasteiger partial charge >= 0.3 is 12.1 Å². The van der Waals surface area contributed by atoms with Gasteiger partial charge in [-0.2, -0.15) is 0 Å². The van der Waals surface area contributed by atoms with Crippen molar-refractivity contribution in [1.82, 2.24) is 40.4 Å². The van der Waals surface area contributed by atoms with Crippen LogP contribution in [0.2, 0.25) is 0 Å². The largest absolute Gasteiger partial charge is 0.456 e. The van der Waals surface area contributed by atoms with E-state index in [2.05, 4.69) is 30.6 Å². The average Bonchev–Trinajstić information content (AvgIpc) is 3.92. The average molecular weight is 751 g/mol. The summed E-state index contributed by atoms with van der Waals surface area (Å²) in [7, 11) is 0. The molecule has 2 aliphatic rings. The highest BCUT2D eigenvalue weighted by molar-refractivity contribution is 6.09. The Morgan fingerprint density at radius 1 is 0.727 bits per heavy atom. The van der Waals surface area contributed by atoms with E-state index < -0.39 is 35.5 Å². The quantitative estimate of drug-likeness (QED) is 0.106. The number of amides is 4. The third-order valence-electron chi connectivity index (χ3n) is 10.1. The molecule has 5 heterocycles. The first kappa shape index (κ1) is 36.2. The lowest BCUT2D eigenvalue weighted by Gasteiger charge is -2.28. The molecule has 0 unspecified atom stereocenters. The molecular weight excluding hydrogens is 706 g/mol. The van der Waals surface area contributed by atoms with Crippen LogP contribution in [0.5, 0.6) is 0 Å². The van der Waals surface area contributed by atoms with Crippen molar-refractivity contribution in [3.8, 4) is 22.5 Å². The van der Waals surface area contributed by atoms with E-state index in [1.807, 2.05) is 71.9 Å². The molecule has 4 N–H and O–H groups in total. The summed E-state index contributed by atoms with van der Waals surface area (Å²) < 4.78 is 35.5. The van der Waals surface area contributed by atoms with Crippen LogP contribution in [0.15, 0.2) is 70.1 Å². The number of urea groups is 2. The number of carbonyl (C=O) groups excluding carboxylic acids is 2. The first-order chi connectivity index (χ1) is 26.0. The molecule has 14 heteroatoms. The van der Waals surface area contributed by atoms with Crippen LogP contribution in [0.25, 0.3) is 55.2 Å². The summed E-state index contributed by atoms with van der Waals surface area (Å²) in [6.45, 7) is 11.2. The zero-order valence-corrected chi connectivity index (χ0v) is 31.6. The van der Waals surface area contributed by atoms with Crippen molar-refractivity contribution in [2.24, 2.45) is 0 Å². The van der Waals surface area contributed by atoms with Crippen LogP contribution >= 0.6 is 0 Å². The number of alkyl halides is 2. The topological polar surface area (TPSA) is 152 Å². The molecular formula is C41H44F2N8O4. The highest BCUT2D eigenvalue weighted by atomic mass is 19.1. The summed E-state index contributed by atoms with van der Waals surface area (Å²) in [5.41, 5.74) is 2.60. The molecule has 2 fully saturated rings. The number of likely N-dealkylation sites (tertiary alicyclic amines) is 2. The van der Waals surface area contributed by atoms with E-state index in [9.17, 15) is 23.2 Å². The first-order valence-corrected chi connectivity index (χ1v) is 18.5. The van der Waals surface area contributed by atoms with Crippen molar-refractivity contribution >= 4 is 44.8 Å². The van der Waals surface area contributed by atoms with E-state index in [1.165, 1.54) is 9.80 Å². The number of carbonyl (C=O) groups is 2. The maximum atomic E-state index is 14.6. The van der Waals surface area contributed by atoms with Crippen LogP contribution in [0.3, 0.4) is 0 Å². The smallest absolute Gasteiger partial charge is 0.318 e. The highest BCUT2D eigenvalue weighted by Gasteiger charge is 2.40. The second kappa shape index (κ2) is 13.2. The molecule has 6 aromatic rings. The molecule has 0 saturated carbocycles. The van der Waals surface area contributed by atoms with Gasteiger partial charge in [-0.1, -0.05) is 24.3 Å². The van der Waals surface area contributed by atoms with Gasteiger partial charge in [-0.3, -0.25) is 4.79 Å². The lowest BCUT2D eigenvalue weighted by Crippen LogP contribution is -2.48. The molecule has 0 bridgehead atoms. The Balaban J connectivity index is 1.06. The van der Waals surface area contributed by atoms with Gasteiger partial charge in [-0.05, 0) is 76.6 Å². The lowest BCUT2D eigenvalue weighted by molar-refractivity contribution is 0.179. The van der Waals surface area contributed by atoms with Gasteiger partial charge < -0.3 is 34.8 Å². The van der Waals surface area contributed by atoms with E-state index in [0.717, 1.165) is 21.9 Å². The molecule has 0 radical (unpaired) electrons. The fourth-order valence-electron chi connectivity index (χ4n) is 7.64. The third kappa shape index (κ3) is 7.01. The molecule has 286 valence electrons. The minimum atomic E-state index is -1.16. The monoisotopic (exact) mass is 750 g/mol. The van der Waals surface area contributed by atoms with Crippen LogP contribution < -0.4 is 16.1 Å². The zero-order chi connectivity index (χ0) is 39.0. The fraction of sp³-hybridized carbons (Fsp3) is 0.390. The maximum absolute atomic E-state index is 14.6. The highest BCUT2D eigenvalue weighted by Crippen LogP contribution is 2.36. The van der Waals surface area contributed by atoms with Crippen molar-refractivity contribution < 1.29 is 22.8 Å². The van der Waals surface area contributed by atoms with Crippen molar-refractivity contribution in [2.75, 3.05) is 13.1 Å². The summed E-state index contributed by atoms with van der Waals surface area (Å²) in [4.78, 5) is 58.6. The number of aromatic amines is 2. The summed E-state index contributed by atoms with van der Waals surface area (Å²) in [5.74, 6) is 0.988. The Bertz CT molecular complexity index is 2530. The molecule has 2 saturated heterocycles. The van der Waals surface area contributed by atoms with Gasteiger partial charge in [0.15, 0.2) is 0 Å². The van der Waals surface area contributed by atoms with Gasteiger partial charge in [0.05, 0.1) is 59.7 Å². The molecule has 12 nitrogen and oxygen atoms in total. The van der Waals surface area contributed by atoms with Gasteiger partial charge in [0.25, 0.3) is 0 Å². The van der Waals surface area contributed by atoms with E-state index in [-0.39, 0.29) is 43.4 Å². The molecule has 8 rings (SSSR count). The van der Waals surface area contributed by atoms with E-state index >= 15 is 0 Å². The van der Waals surface area contributed by atoms with Crippen molar-refractivity contribution in [2.45, 2.75) is 89.9 Å². The van der Waals surface area contributed by atoms with E-state index in [0.29, 0.717) is 45.0 Å². The molecule has 55 heavy (non-hydrogen) atoms. The summed E-state index contributed by atoms with van der Waals surface area (Å²) in [5, 5.41) is 8.24. The Hall–Kier alpha value is -5.79. The number of halogens is 2. The number of hydrogen-bond donors (Lipinski definition) is 4. The molecule has 0 spiro atoms. The second-order valence-electron chi connectivity index (χ2n) is 16.7. The standard InChI is InChI=1S/C41H44F2N8O4/c1-40(2,3)48-38(53)50-19-24(42)15-30(50)36-44-17-28(46-36)22-7-10-26-21(13-22)9-12-32-34(26)35(52)27-11-8-23(14-33(27)55-32)29-18-45-37(47-29)31-16-25(43)20-51(31)39(54)49-41(4,5)6/h7-14,17-18,24-25,30-31H,15-16,19-20H2,1-6H3,(H,44,46)(H,45,47)(H,48,53)(H,49,54)/t24-,25+,30-,31-/m0/s1. The van der Waals surface area contributed by atoms with Gasteiger partial charge in [0.2, 0.25) is 5.43 Å². The molecule has 3 aromatic heterocycles. The number of rotatable bonds is 4. The lowest BCUT2D eigenvalue weighted by atomic mass is 10.0. The fourth-order valence-corrected chi connectivity index (χ4v) is 7.64. The predicted molar refractivity (Wildman–Crippen MR) is 207 cm³/mol. The minimum absolute atomic E-state index is 0.00510. The first-order valence-electron chi connectivity index (χ1n) is 18.5. The van der Waals surface area contributed by atoms with Crippen LogP contribution in [-0.4, -0.2) is 78.3 Å². The number of hydrogen-bond acceptors (Lipinski definition) is 6. The molecule has 2 aliphatic heterocycles. The van der Waals surface area contributed by atoms with Gasteiger partial charge in [0.1, 0.15) is 35.2 Å². The molecule has 0 aliphatic carbocycles. The SMILES string of the molecule is CC(C)(C)NC(=O)N1C[C@H](F)C[C@H]1c1ncc(-c2ccc3c(=O)c4c(ccc5cc(-c6cnc([C@@H]7C[C@H](F)CN7C(=O)NC(C)(C)C)[nH]6)ccc54)oc3c2)[nH]1. The number of benzene rings is 3. The Labute approximate surface area is 315 Å². The third-order valence-corrected chi connectivity index (χ3v) is 10.1. The summed E-state index contributed by atoms with van der Waals surface area (Å²) >= 11 is 0. The van der Waals surface area contributed by atoms with Crippen LogP contribution in [0, 0.1) is 0 Å². The van der Waals surface area contributed by atoms with Gasteiger partial charge in [-0.15, -0.1) is 0 Å². The van der Waals surface area contributed by atoms with Crippen LogP contribution in [0.1, 0.15) is 78.1 Å². The number of aromatic nitrogens is 4. The number of imidazole rings is 2. The number of fused-ring (bicyclic) bond motifs is 4. The number of nitrogens with zero attached hydrogens (tertiary/aromatic N) is 4. The van der Waals surface area contributed by atoms with Crippen LogP contribution in [0.4, 0.5) is 18.4 Å². The predicted octanol–water partition coefficient (Wildman–Crippen LogP) is 8.07. The van der Waals surface area contributed by atoms with Crippen molar-refractivity contribution in [3.63, 3.8) is 0 Å². The Morgan fingerprint density at radius 3 is 1.76 bits per heavy atom.